The first-order valence-electron chi connectivity index (χ1n) is 11.5. The van der Waals surface area contributed by atoms with E-state index in [1.54, 1.807) is 35.0 Å². The van der Waals surface area contributed by atoms with Gasteiger partial charge >= 0.3 is 0 Å². The van der Waals surface area contributed by atoms with E-state index in [1.165, 1.54) is 18.0 Å². The lowest BCUT2D eigenvalue weighted by atomic mass is 10.0. The zero-order chi connectivity index (χ0) is 25.1. The van der Waals surface area contributed by atoms with Gasteiger partial charge in [0.1, 0.15) is 17.7 Å². The molecule has 5 aromatic rings. The zero-order valence-corrected chi connectivity index (χ0v) is 20.2. The smallest absolute Gasteiger partial charge is 0.266 e. The van der Waals surface area contributed by atoms with Gasteiger partial charge in [0.25, 0.3) is 11.8 Å². The van der Waals surface area contributed by atoms with Gasteiger partial charge in [0.15, 0.2) is 0 Å². The third kappa shape index (κ3) is 5.07. The number of oxazole rings is 1. The summed E-state index contributed by atoms with van der Waals surface area (Å²) >= 11 is 0. The number of rotatable bonds is 8. The average molecular weight is 484 g/mol. The van der Waals surface area contributed by atoms with Crippen molar-refractivity contribution in [1.29, 1.82) is 0 Å². The Morgan fingerprint density at radius 1 is 1.08 bits per heavy atom. The fraction of sp³-hybridized carbons (Fsp3) is 0.231. The summed E-state index contributed by atoms with van der Waals surface area (Å²) in [7, 11) is 3.57. The Hall–Kier alpha value is -4.60. The number of aryl methyl sites for hydroxylation is 1. The molecule has 4 heterocycles. The second-order valence-electron chi connectivity index (χ2n) is 8.68. The summed E-state index contributed by atoms with van der Waals surface area (Å²) in [5, 5.41) is 12.6. The van der Waals surface area contributed by atoms with Crippen LogP contribution in [0.1, 0.15) is 40.2 Å². The van der Waals surface area contributed by atoms with E-state index in [9.17, 15) is 4.79 Å². The molecule has 0 N–H and O–H groups in total. The Morgan fingerprint density at radius 3 is 2.56 bits per heavy atom. The van der Waals surface area contributed by atoms with Crippen LogP contribution in [0.2, 0.25) is 0 Å². The van der Waals surface area contributed by atoms with Crippen LogP contribution in [0.4, 0.5) is 0 Å². The Kier molecular flexibility index (Phi) is 6.40. The minimum absolute atomic E-state index is 0.00953. The first-order valence-corrected chi connectivity index (χ1v) is 11.5. The lowest BCUT2D eigenvalue weighted by molar-refractivity contribution is 0.0785. The Morgan fingerprint density at radius 2 is 1.86 bits per heavy atom. The van der Waals surface area contributed by atoms with Gasteiger partial charge in [-0.1, -0.05) is 37.3 Å². The summed E-state index contributed by atoms with van der Waals surface area (Å²) in [6.45, 7) is 2.43. The first-order chi connectivity index (χ1) is 17.5. The third-order valence-corrected chi connectivity index (χ3v) is 5.71. The van der Waals surface area contributed by atoms with Gasteiger partial charge in [-0.3, -0.25) is 9.48 Å². The standard InChI is InChI=1S/C26H25N7O3/c1-17(11-18-7-5-4-6-8-18)23-30-31-25(36-23)22-13-20(12-21(29-22)24-27-9-10-35-24)26(34)32(2)15-19-14-28-33(3)16-19/h4-10,12-14,16-17H,11,15H2,1-3H3/t17-/m0/s1. The van der Waals surface area contributed by atoms with E-state index in [4.69, 9.17) is 8.83 Å². The van der Waals surface area contributed by atoms with Gasteiger partial charge in [-0.15, -0.1) is 10.2 Å². The fourth-order valence-electron chi connectivity index (χ4n) is 3.93. The summed E-state index contributed by atoms with van der Waals surface area (Å²) in [6, 6.07) is 13.4. The van der Waals surface area contributed by atoms with Gasteiger partial charge < -0.3 is 13.7 Å². The van der Waals surface area contributed by atoms with Crippen LogP contribution in [0.5, 0.6) is 0 Å². The molecule has 0 spiro atoms. The van der Waals surface area contributed by atoms with Gasteiger partial charge in [-0.2, -0.15) is 5.10 Å². The van der Waals surface area contributed by atoms with Crippen LogP contribution in [0.25, 0.3) is 23.2 Å². The fourth-order valence-corrected chi connectivity index (χ4v) is 3.93. The molecule has 0 saturated carbocycles. The topological polar surface area (TPSA) is 116 Å². The van der Waals surface area contributed by atoms with Gasteiger partial charge in [-0.05, 0) is 24.1 Å². The van der Waals surface area contributed by atoms with E-state index < -0.39 is 0 Å². The van der Waals surface area contributed by atoms with E-state index in [1.807, 2.05) is 38.4 Å². The number of benzene rings is 1. The molecule has 4 aromatic heterocycles. The van der Waals surface area contributed by atoms with Crippen molar-refractivity contribution in [1.82, 2.24) is 34.8 Å². The van der Waals surface area contributed by atoms with Crippen LogP contribution in [-0.2, 0) is 20.0 Å². The molecule has 10 heteroatoms. The maximum absolute atomic E-state index is 13.3. The highest BCUT2D eigenvalue weighted by Crippen LogP contribution is 2.27. The van der Waals surface area contributed by atoms with Gasteiger partial charge in [0, 0.05) is 43.9 Å². The second-order valence-corrected chi connectivity index (χ2v) is 8.68. The molecule has 0 unspecified atom stereocenters. The summed E-state index contributed by atoms with van der Waals surface area (Å²) in [5.74, 6) is 0.821. The predicted molar refractivity (Wildman–Crippen MR) is 131 cm³/mol. The van der Waals surface area contributed by atoms with Crippen molar-refractivity contribution >= 4 is 5.91 Å². The number of carbonyl (C=O) groups is 1. The number of hydrogen-bond acceptors (Lipinski definition) is 8. The Bertz CT molecular complexity index is 1460. The molecule has 0 aliphatic carbocycles. The van der Waals surface area contributed by atoms with Gasteiger partial charge in [0.05, 0.1) is 12.4 Å². The van der Waals surface area contributed by atoms with Crippen LogP contribution in [-0.4, -0.2) is 47.8 Å². The lowest BCUT2D eigenvalue weighted by Gasteiger charge is -2.17. The first kappa shape index (κ1) is 23.2. The van der Waals surface area contributed by atoms with Crippen molar-refractivity contribution in [3.63, 3.8) is 0 Å². The quantitative estimate of drug-likeness (QED) is 0.323. The van der Waals surface area contributed by atoms with Gasteiger partial charge in [-0.25, -0.2) is 9.97 Å². The molecular weight excluding hydrogens is 458 g/mol. The molecule has 1 aromatic carbocycles. The Labute approximate surface area is 207 Å². The molecule has 0 aliphatic rings. The number of nitrogens with zero attached hydrogens (tertiary/aromatic N) is 7. The largest absolute Gasteiger partial charge is 0.443 e. The molecule has 0 saturated heterocycles. The number of pyridine rings is 1. The molecule has 0 aliphatic heterocycles. The number of carbonyl (C=O) groups excluding carboxylic acids is 1. The number of aromatic nitrogens is 6. The van der Waals surface area contributed by atoms with Crippen LogP contribution >= 0.6 is 0 Å². The van der Waals surface area contributed by atoms with Crippen molar-refractivity contribution in [3.8, 4) is 23.2 Å². The molecule has 1 amide bonds. The minimum Gasteiger partial charge on any atom is -0.443 e. The van der Waals surface area contributed by atoms with Crippen LogP contribution in [0.15, 0.2) is 76.2 Å². The van der Waals surface area contributed by atoms with E-state index in [2.05, 4.69) is 37.4 Å². The molecule has 0 bridgehead atoms. The maximum atomic E-state index is 13.3. The van der Waals surface area contributed by atoms with E-state index in [0.717, 1.165) is 12.0 Å². The summed E-state index contributed by atoms with van der Waals surface area (Å²) in [5.41, 5.74) is 3.27. The molecule has 1 atom stereocenters. The summed E-state index contributed by atoms with van der Waals surface area (Å²) < 4.78 is 13.1. The number of hydrogen-bond donors (Lipinski definition) is 0. The molecule has 0 radical (unpaired) electrons. The van der Waals surface area contributed by atoms with E-state index in [-0.39, 0.29) is 23.6 Å². The third-order valence-electron chi connectivity index (χ3n) is 5.71. The highest BCUT2D eigenvalue weighted by atomic mass is 16.4. The molecule has 182 valence electrons. The highest BCUT2D eigenvalue weighted by molar-refractivity contribution is 5.95. The monoisotopic (exact) mass is 483 g/mol. The Balaban J connectivity index is 1.44. The van der Waals surface area contributed by atoms with E-state index >= 15 is 0 Å². The molecule has 10 nitrogen and oxygen atoms in total. The van der Waals surface area contributed by atoms with E-state index in [0.29, 0.717) is 29.4 Å². The molecule has 5 rings (SSSR count). The predicted octanol–water partition coefficient (Wildman–Crippen LogP) is 4.14. The zero-order valence-electron chi connectivity index (χ0n) is 20.2. The van der Waals surface area contributed by atoms with Crippen LogP contribution in [0, 0.1) is 0 Å². The van der Waals surface area contributed by atoms with Crippen molar-refractivity contribution in [2.75, 3.05) is 7.05 Å². The number of amides is 1. The van der Waals surface area contributed by atoms with Crippen LogP contribution < -0.4 is 0 Å². The van der Waals surface area contributed by atoms with Crippen molar-refractivity contribution in [2.24, 2.45) is 7.05 Å². The molecule has 0 fully saturated rings. The van der Waals surface area contributed by atoms with Crippen molar-refractivity contribution in [3.05, 3.63) is 89.9 Å². The molecule has 36 heavy (non-hydrogen) atoms. The average Bonchev–Trinajstić information content (AvgIpc) is 3.66. The normalized spacial score (nSPS) is 12.0. The SMILES string of the molecule is C[C@@H](Cc1ccccc1)c1nnc(-c2cc(C(=O)N(C)Cc3cnn(C)c3)cc(-c3ncco3)n2)o1. The minimum atomic E-state index is -0.201. The summed E-state index contributed by atoms with van der Waals surface area (Å²) in [6.07, 6.45) is 7.34. The maximum Gasteiger partial charge on any atom is 0.266 e. The highest BCUT2D eigenvalue weighted by Gasteiger charge is 2.21. The van der Waals surface area contributed by atoms with Crippen molar-refractivity contribution in [2.45, 2.75) is 25.8 Å². The lowest BCUT2D eigenvalue weighted by Crippen LogP contribution is -2.26. The molecular formula is C26H25N7O3. The van der Waals surface area contributed by atoms with Crippen LogP contribution in [0.3, 0.4) is 0 Å². The van der Waals surface area contributed by atoms with Crippen molar-refractivity contribution < 1.29 is 13.6 Å². The second kappa shape index (κ2) is 9.95. The summed E-state index contributed by atoms with van der Waals surface area (Å²) in [4.78, 5) is 23.7. The van der Waals surface area contributed by atoms with Gasteiger partial charge in [0.2, 0.25) is 11.8 Å².